The summed E-state index contributed by atoms with van der Waals surface area (Å²) in [5, 5.41) is 2.75. The van der Waals surface area contributed by atoms with Gasteiger partial charge in [-0.05, 0) is 54.8 Å². The van der Waals surface area contributed by atoms with E-state index in [2.05, 4.69) is 21.2 Å². The molecule has 8 heteroatoms. The number of halogens is 2. The molecule has 0 aliphatic carbocycles. The lowest BCUT2D eigenvalue weighted by molar-refractivity contribution is -0.124. The molecule has 1 aliphatic heterocycles. The molecule has 3 rings (SSSR count). The van der Waals surface area contributed by atoms with Gasteiger partial charge in [-0.15, -0.1) is 0 Å². The van der Waals surface area contributed by atoms with E-state index in [1.807, 2.05) is 0 Å². The van der Waals surface area contributed by atoms with Gasteiger partial charge in [0.1, 0.15) is 11.9 Å². The third kappa shape index (κ3) is 4.13. The number of amides is 1. The van der Waals surface area contributed by atoms with Crippen molar-refractivity contribution in [3.05, 3.63) is 64.4 Å². The Balaban J connectivity index is 1.71. The van der Waals surface area contributed by atoms with E-state index in [4.69, 9.17) is 0 Å². The van der Waals surface area contributed by atoms with Crippen LogP contribution in [0.25, 0.3) is 0 Å². The maximum atomic E-state index is 12.9. The smallest absolute Gasteiger partial charge is 0.243 e. The molecule has 0 radical (unpaired) electrons. The van der Waals surface area contributed by atoms with Crippen molar-refractivity contribution in [2.45, 2.75) is 30.3 Å². The van der Waals surface area contributed by atoms with Crippen LogP contribution in [0.2, 0.25) is 0 Å². The molecule has 1 amide bonds. The van der Waals surface area contributed by atoms with Gasteiger partial charge in [-0.2, -0.15) is 4.31 Å². The summed E-state index contributed by atoms with van der Waals surface area (Å²) in [4.78, 5) is 12.7. The van der Waals surface area contributed by atoms with Crippen LogP contribution in [0.4, 0.5) is 4.39 Å². The number of nitrogens with one attached hydrogen (secondary N) is 1. The molecular weight excluding hydrogens is 423 g/mol. The Morgan fingerprint density at radius 3 is 2.46 bits per heavy atom. The number of carbonyl (C=O) groups excluding carboxylic acids is 1. The molecule has 2 aromatic rings. The van der Waals surface area contributed by atoms with Gasteiger partial charge in [0.25, 0.3) is 0 Å². The van der Waals surface area contributed by atoms with Crippen molar-refractivity contribution in [3.8, 4) is 0 Å². The molecule has 26 heavy (non-hydrogen) atoms. The Morgan fingerprint density at radius 1 is 1.15 bits per heavy atom. The molecule has 2 aromatic carbocycles. The molecule has 1 fully saturated rings. The molecule has 0 aromatic heterocycles. The molecule has 0 bridgehead atoms. The van der Waals surface area contributed by atoms with Crippen LogP contribution in [0.15, 0.2) is 57.9 Å². The van der Waals surface area contributed by atoms with Crippen molar-refractivity contribution >= 4 is 31.9 Å². The van der Waals surface area contributed by atoms with Crippen molar-refractivity contribution in [2.75, 3.05) is 6.54 Å². The first kappa shape index (κ1) is 19.0. The van der Waals surface area contributed by atoms with E-state index in [1.165, 1.54) is 28.6 Å². The highest BCUT2D eigenvalue weighted by Gasteiger charge is 2.39. The summed E-state index contributed by atoms with van der Waals surface area (Å²) in [6, 6.07) is 11.4. The number of carbonyl (C=O) groups is 1. The zero-order valence-electron chi connectivity index (χ0n) is 13.9. The second kappa shape index (κ2) is 7.85. The Labute approximate surface area is 160 Å². The van der Waals surface area contributed by atoms with Gasteiger partial charge in [-0.3, -0.25) is 4.79 Å². The highest BCUT2D eigenvalue weighted by molar-refractivity contribution is 9.10. The minimum atomic E-state index is -3.74. The first-order valence-electron chi connectivity index (χ1n) is 8.17. The highest BCUT2D eigenvalue weighted by Crippen LogP contribution is 2.27. The van der Waals surface area contributed by atoms with Crippen LogP contribution in [0.5, 0.6) is 0 Å². The van der Waals surface area contributed by atoms with E-state index in [9.17, 15) is 17.6 Å². The highest BCUT2D eigenvalue weighted by atomic mass is 79.9. The lowest BCUT2D eigenvalue weighted by Crippen LogP contribution is -2.45. The summed E-state index contributed by atoms with van der Waals surface area (Å²) >= 11 is 3.28. The maximum absolute atomic E-state index is 12.9. The molecule has 1 atom stereocenters. The monoisotopic (exact) mass is 440 g/mol. The fraction of sp³-hybridized carbons (Fsp3) is 0.278. The number of hydrogen-bond donors (Lipinski definition) is 1. The average molecular weight is 441 g/mol. The van der Waals surface area contributed by atoms with Gasteiger partial charge in [0.2, 0.25) is 15.9 Å². The molecule has 1 N–H and O–H groups in total. The minimum absolute atomic E-state index is 0.166. The topological polar surface area (TPSA) is 66.5 Å². The summed E-state index contributed by atoms with van der Waals surface area (Å²) in [7, 11) is -3.74. The lowest BCUT2D eigenvalue weighted by atomic mass is 10.2. The van der Waals surface area contributed by atoms with E-state index in [-0.39, 0.29) is 23.2 Å². The summed E-state index contributed by atoms with van der Waals surface area (Å²) in [5.74, 6) is -0.685. The van der Waals surface area contributed by atoms with Gasteiger partial charge >= 0.3 is 0 Å². The zero-order chi connectivity index (χ0) is 18.7. The Bertz CT molecular complexity index is 886. The molecule has 1 aliphatic rings. The van der Waals surface area contributed by atoms with Gasteiger partial charge in [-0.1, -0.05) is 28.1 Å². The summed E-state index contributed by atoms with van der Waals surface area (Å²) in [6.45, 7) is 0.537. The van der Waals surface area contributed by atoms with Gasteiger partial charge in [0, 0.05) is 17.6 Å². The van der Waals surface area contributed by atoms with Crippen molar-refractivity contribution in [2.24, 2.45) is 0 Å². The third-order valence-electron chi connectivity index (χ3n) is 4.31. The molecule has 1 saturated heterocycles. The van der Waals surface area contributed by atoms with Crippen molar-refractivity contribution in [3.63, 3.8) is 0 Å². The molecule has 0 spiro atoms. The summed E-state index contributed by atoms with van der Waals surface area (Å²) < 4.78 is 40.7. The van der Waals surface area contributed by atoms with E-state index < -0.39 is 16.1 Å². The fourth-order valence-corrected chi connectivity index (χ4v) is 4.86. The Kier molecular flexibility index (Phi) is 5.74. The molecule has 138 valence electrons. The Morgan fingerprint density at radius 2 is 1.81 bits per heavy atom. The van der Waals surface area contributed by atoms with Crippen LogP contribution in [0.1, 0.15) is 18.4 Å². The first-order valence-corrected chi connectivity index (χ1v) is 10.4. The molecule has 1 unspecified atom stereocenters. The van der Waals surface area contributed by atoms with E-state index in [1.54, 1.807) is 24.3 Å². The number of nitrogens with zero attached hydrogens (tertiary/aromatic N) is 1. The van der Waals surface area contributed by atoms with Crippen LogP contribution < -0.4 is 5.32 Å². The number of hydrogen-bond acceptors (Lipinski definition) is 3. The van der Waals surface area contributed by atoms with Crippen molar-refractivity contribution in [1.82, 2.24) is 9.62 Å². The maximum Gasteiger partial charge on any atom is 0.243 e. The van der Waals surface area contributed by atoms with Crippen LogP contribution >= 0.6 is 15.9 Å². The second-order valence-electron chi connectivity index (χ2n) is 6.07. The van der Waals surface area contributed by atoms with E-state index >= 15 is 0 Å². The van der Waals surface area contributed by atoms with Crippen LogP contribution in [-0.2, 0) is 21.4 Å². The van der Waals surface area contributed by atoms with Gasteiger partial charge in [-0.25, -0.2) is 12.8 Å². The van der Waals surface area contributed by atoms with Gasteiger partial charge < -0.3 is 5.32 Å². The second-order valence-corrected chi connectivity index (χ2v) is 8.88. The third-order valence-corrected chi connectivity index (χ3v) is 6.76. The standard InChI is InChI=1S/C18H18BrFN2O3S/c19-14-5-9-16(10-6-14)26(24,25)22-11-1-2-17(22)18(23)21-12-13-3-7-15(20)8-4-13/h3-10,17H,1-2,11-12H2,(H,21,23). The molecule has 1 heterocycles. The van der Waals surface area contributed by atoms with Crippen LogP contribution in [0.3, 0.4) is 0 Å². The normalized spacial score (nSPS) is 18.0. The van der Waals surface area contributed by atoms with Crippen LogP contribution in [-0.4, -0.2) is 31.2 Å². The summed E-state index contributed by atoms with van der Waals surface area (Å²) in [6.07, 6.45) is 1.11. The zero-order valence-corrected chi connectivity index (χ0v) is 16.3. The van der Waals surface area contributed by atoms with Gasteiger partial charge in [0.05, 0.1) is 4.90 Å². The quantitative estimate of drug-likeness (QED) is 0.776. The largest absolute Gasteiger partial charge is 0.351 e. The number of benzene rings is 2. The van der Waals surface area contributed by atoms with Gasteiger partial charge in [0.15, 0.2) is 0 Å². The SMILES string of the molecule is O=C(NCc1ccc(F)cc1)C1CCCN1S(=O)(=O)c1ccc(Br)cc1. The average Bonchev–Trinajstić information content (AvgIpc) is 3.12. The predicted octanol–water partition coefficient (Wildman–Crippen LogP) is 3.06. The lowest BCUT2D eigenvalue weighted by Gasteiger charge is -2.23. The van der Waals surface area contributed by atoms with Crippen molar-refractivity contribution in [1.29, 1.82) is 0 Å². The number of sulfonamides is 1. The minimum Gasteiger partial charge on any atom is -0.351 e. The Hall–Kier alpha value is -1.77. The van der Waals surface area contributed by atoms with Crippen molar-refractivity contribution < 1.29 is 17.6 Å². The first-order chi connectivity index (χ1) is 12.4. The van der Waals surface area contributed by atoms with Crippen LogP contribution in [0, 0.1) is 5.82 Å². The summed E-state index contributed by atoms with van der Waals surface area (Å²) in [5.41, 5.74) is 0.750. The molecule has 0 saturated carbocycles. The number of rotatable bonds is 5. The van der Waals surface area contributed by atoms with E-state index in [0.717, 1.165) is 10.0 Å². The molecule has 5 nitrogen and oxygen atoms in total. The predicted molar refractivity (Wildman–Crippen MR) is 99.3 cm³/mol. The molecular formula is C18H18BrFN2O3S. The fourth-order valence-electron chi connectivity index (χ4n) is 2.94. The van der Waals surface area contributed by atoms with E-state index in [0.29, 0.717) is 19.4 Å².